The number of likely N-dealkylation sites (N-methyl/N-ethyl adjacent to an activating group) is 1. The Morgan fingerprint density at radius 3 is 2.57 bits per heavy atom. The molecule has 28 heavy (non-hydrogen) atoms. The number of hydrogen-bond acceptors (Lipinski definition) is 5. The molecule has 1 amide bonds. The second-order valence-electron chi connectivity index (χ2n) is 6.75. The number of para-hydroxylation sites is 1. The Morgan fingerprint density at radius 1 is 1.07 bits per heavy atom. The first-order valence-corrected chi connectivity index (χ1v) is 9.05. The molecule has 0 aliphatic carbocycles. The van der Waals surface area contributed by atoms with Gasteiger partial charge in [0.05, 0.1) is 29.6 Å². The molecule has 142 valence electrons. The van der Waals surface area contributed by atoms with E-state index in [1.165, 1.54) is 0 Å². The van der Waals surface area contributed by atoms with Crippen molar-refractivity contribution in [2.75, 3.05) is 20.6 Å². The average Bonchev–Trinajstić information content (AvgIpc) is 3.41. The average molecular weight is 375 g/mol. The third-order valence-electron chi connectivity index (χ3n) is 4.69. The van der Waals surface area contributed by atoms with E-state index < -0.39 is 0 Å². The van der Waals surface area contributed by atoms with E-state index in [2.05, 4.69) is 10.3 Å². The lowest BCUT2D eigenvalue weighted by molar-refractivity contribution is 0.0940. The second-order valence-corrected chi connectivity index (χ2v) is 6.75. The molecule has 0 aliphatic heterocycles. The van der Waals surface area contributed by atoms with Crippen molar-refractivity contribution in [1.29, 1.82) is 0 Å². The van der Waals surface area contributed by atoms with E-state index in [1.807, 2.05) is 61.5 Å². The van der Waals surface area contributed by atoms with Gasteiger partial charge >= 0.3 is 0 Å². The summed E-state index contributed by atoms with van der Waals surface area (Å²) in [6.07, 6.45) is 3.23. The van der Waals surface area contributed by atoms with Gasteiger partial charge in [0.1, 0.15) is 11.5 Å². The molecule has 6 nitrogen and oxygen atoms in total. The van der Waals surface area contributed by atoms with Gasteiger partial charge in [-0.1, -0.05) is 18.2 Å². The molecule has 4 aromatic rings. The van der Waals surface area contributed by atoms with E-state index in [0.29, 0.717) is 23.6 Å². The van der Waals surface area contributed by atoms with Crippen LogP contribution in [-0.2, 0) is 0 Å². The fourth-order valence-corrected chi connectivity index (χ4v) is 3.22. The zero-order chi connectivity index (χ0) is 19.5. The predicted molar refractivity (Wildman–Crippen MR) is 107 cm³/mol. The maximum Gasteiger partial charge on any atom is 0.252 e. The van der Waals surface area contributed by atoms with Gasteiger partial charge in [-0.15, -0.1) is 0 Å². The number of hydrogen-bond donors (Lipinski definition) is 1. The fraction of sp³-hybridized carbons (Fsp3) is 0.182. The smallest absolute Gasteiger partial charge is 0.252 e. The standard InChI is InChI=1S/C22H21N3O3/c1-25(2)19(21-10-6-12-28-21)14-23-22(26)16-13-18(20-9-5-11-27-20)24-17-8-4-3-7-15(16)17/h3-13,19H,14H2,1-2H3,(H,23,26)/t19-/m0/s1. The summed E-state index contributed by atoms with van der Waals surface area (Å²) in [4.78, 5) is 19.7. The molecule has 0 unspecified atom stereocenters. The summed E-state index contributed by atoms with van der Waals surface area (Å²) in [5.74, 6) is 1.27. The monoisotopic (exact) mass is 375 g/mol. The van der Waals surface area contributed by atoms with Crippen molar-refractivity contribution in [3.8, 4) is 11.5 Å². The van der Waals surface area contributed by atoms with Crippen LogP contribution in [0.25, 0.3) is 22.4 Å². The molecule has 1 atom stereocenters. The molecule has 0 fully saturated rings. The van der Waals surface area contributed by atoms with Crippen LogP contribution in [0.4, 0.5) is 0 Å². The number of amides is 1. The van der Waals surface area contributed by atoms with E-state index >= 15 is 0 Å². The van der Waals surface area contributed by atoms with Crippen LogP contribution < -0.4 is 5.32 Å². The van der Waals surface area contributed by atoms with E-state index in [9.17, 15) is 4.79 Å². The predicted octanol–water partition coefficient (Wildman–Crippen LogP) is 4.12. The van der Waals surface area contributed by atoms with Gasteiger partial charge in [-0.3, -0.25) is 9.69 Å². The number of carbonyl (C=O) groups is 1. The van der Waals surface area contributed by atoms with Gasteiger partial charge in [-0.25, -0.2) is 4.98 Å². The molecular weight excluding hydrogens is 354 g/mol. The Labute approximate surface area is 162 Å². The third-order valence-corrected chi connectivity index (χ3v) is 4.69. The largest absolute Gasteiger partial charge is 0.468 e. The van der Waals surface area contributed by atoms with Gasteiger partial charge in [-0.2, -0.15) is 0 Å². The van der Waals surface area contributed by atoms with Crippen LogP contribution >= 0.6 is 0 Å². The summed E-state index contributed by atoms with van der Waals surface area (Å²) < 4.78 is 11.0. The Kier molecular flexibility index (Phi) is 4.95. The van der Waals surface area contributed by atoms with Crippen LogP contribution in [-0.4, -0.2) is 36.4 Å². The zero-order valence-electron chi connectivity index (χ0n) is 15.8. The van der Waals surface area contributed by atoms with Gasteiger partial charge in [-0.05, 0) is 50.5 Å². The second kappa shape index (κ2) is 7.70. The molecule has 1 aromatic carbocycles. The van der Waals surface area contributed by atoms with Crippen LogP contribution in [0.3, 0.4) is 0 Å². The number of fused-ring (bicyclic) bond motifs is 1. The van der Waals surface area contributed by atoms with E-state index in [1.54, 1.807) is 24.7 Å². The number of furan rings is 2. The van der Waals surface area contributed by atoms with Crippen molar-refractivity contribution in [2.24, 2.45) is 0 Å². The van der Waals surface area contributed by atoms with E-state index in [4.69, 9.17) is 8.83 Å². The summed E-state index contributed by atoms with van der Waals surface area (Å²) in [6, 6.07) is 16.7. The highest BCUT2D eigenvalue weighted by Gasteiger charge is 2.20. The molecule has 4 rings (SSSR count). The van der Waals surface area contributed by atoms with Crippen LogP contribution in [0.5, 0.6) is 0 Å². The SMILES string of the molecule is CN(C)[C@@H](CNC(=O)c1cc(-c2ccco2)nc2ccccc12)c1ccco1. The number of benzene rings is 1. The molecule has 3 aromatic heterocycles. The number of carbonyl (C=O) groups excluding carboxylic acids is 1. The lowest BCUT2D eigenvalue weighted by Gasteiger charge is -2.22. The van der Waals surface area contributed by atoms with Crippen LogP contribution in [0, 0.1) is 0 Å². The quantitative estimate of drug-likeness (QED) is 0.549. The lowest BCUT2D eigenvalue weighted by Crippen LogP contribution is -2.34. The molecule has 6 heteroatoms. The minimum absolute atomic E-state index is 0.0587. The molecule has 3 heterocycles. The lowest BCUT2D eigenvalue weighted by atomic mass is 10.1. The van der Waals surface area contributed by atoms with Gasteiger partial charge in [0.25, 0.3) is 5.91 Å². The third kappa shape index (κ3) is 3.54. The summed E-state index contributed by atoms with van der Waals surface area (Å²) in [7, 11) is 3.91. The van der Waals surface area contributed by atoms with Gasteiger partial charge < -0.3 is 14.2 Å². The molecule has 0 radical (unpaired) electrons. The summed E-state index contributed by atoms with van der Waals surface area (Å²) in [6.45, 7) is 0.423. The van der Waals surface area contributed by atoms with Crippen LogP contribution in [0.2, 0.25) is 0 Å². The molecule has 0 saturated carbocycles. The number of nitrogens with zero attached hydrogens (tertiary/aromatic N) is 2. The first-order chi connectivity index (χ1) is 13.6. The number of nitrogens with one attached hydrogen (secondary N) is 1. The Hall–Kier alpha value is -3.38. The highest BCUT2D eigenvalue weighted by molar-refractivity contribution is 6.07. The fourth-order valence-electron chi connectivity index (χ4n) is 3.22. The topological polar surface area (TPSA) is 71.5 Å². The highest BCUT2D eigenvalue weighted by Crippen LogP contribution is 2.25. The first kappa shape index (κ1) is 18.0. The highest BCUT2D eigenvalue weighted by atomic mass is 16.3. The van der Waals surface area contributed by atoms with Crippen molar-refractivity contribution < 1.29 is 13.6 Å². The number of aromatic nitrogens is 1. The molecule has 0 bridgehead atoms. The Bertz CT molecular complexity index is 1070. The minimum atomic E-state index is -0.162. The molecular formula is C22H21N3O3. The van der Waals surface area contributed by atoms with E-state index in [-0.39, 0.29) is 11.9 Å². The van der Waals surface area contributed by atoms with Crippen molar-refractivity contribution in [3.05, 3.63) is 78.4 Å². The van der Waals surface area contributed by atoms with Crippen molar-refractivity contribution >= 4 is 16.8 Å². The first-order valence-electron chi connectivity index (χ1n) is 9.05. The van der Waals surface area contributed by atoms with Crippen molar-refractivity contribution in [3.63, 3.8) is 0 Å². The Morgan fingerprint density at radius 2 is 1.86 bits per heavy atom. The van der Waals surface area contributed by atoms with E-state index in [0.717, 1.165) is 16.7 Å². The van der Waals surface area contributed by atoms with Crippen LogP contribution in [0.15, 0.2) is 76.0 Å². The molecule has 1 N–H and O–H groups in total. The summed E-state index contributed by atoms with van der Waals surface area (Å²) >= 11 is 0. The number of pyridine rings is 1. The Balaban J connectivity index is 1.65. The summed E-state index contributed by atoms with van der Waals surface area (Å²) in [5.41, 5.74) is 1.94. The normalized spacial score (nSPS) is 12.4. The van der Waals surface area contributed by atoms with Gasteiger partial charge in [0, 0.05) is 11.9 Å². The van der Waals surface area contributed by atoms with Crippen molar-refractivity contribution in [1.82, 2.24) is 15.2 Å². The van der Waals surface area contributed by atoms with Gasteiger partial charge in [0.15, 0.2) is 5.76 Å². The maximum atomic E-state index is 13.1. The zero-order valence-corrected chi connectivity index (χ0v) is 15.8. The molecule has 0 aliphatic rings. The maximum absolute atomic E-state index is 13.1. The summed E-state index contributed by atoms with van der Waals surface area (Å²) in [5, 5.41) is 3.83. The molecule has 0 spiro atoms. The van der Waals surface area contributed by atoms with Crippen molar-refractivity contribution in [2.45, 2.75) is 6.04 Å². The van der Waals surface area contributed by atoms with Gasteiger partial charge in [0.2, 0.25) is 0 Å². The minimum Gasteiger partial charge on any atom is -0.468 e. The van der Waals surface area contributed by atoms with Crippen LogP contribution in [0.1, 0.15) is 22.2 Å². The molecule has 0 saturated heterocycles. The number of rotatable bonds is 6.